The number of isocyanates is 1. The molecule has 0 aromatic heterocycles. The van der Waals surface area contributed by atoms with E-state index in [0.717, 1.165) is 0 Å². The zero-order valence-corrected chi connectivity index (χ0v) is 4.22. The standard InChI is InChI=1S/C5H7NO/c1-2-3-4-6-5-7/h2-3H,4H2,1H3/b3-2+. The van der Waals surface area contributed by atoms with Crippen LogP contribution in [0, 0.1) is 0 Å². The van der Waals surface area contributed by atoms with Crippen molar-refractivity contribution in [1.29, 1.82) is 0 Å². The van der Waals surface area contributed by atoms with Crippen molar-refractivity contribution >= 4 is 6.08 Å². The average molecular weight is 97.1 g/mol. The van der Waals surface area contributed by atoms with Gasteiger partial charge in [0.2, 0.25) is 6.08 Å². The third-order valence-electron chi connectivity index (χ3n) is 0.497. The van der Waals surface area contributed by atoms with Crippen LogP contribution < -0.4 is 0 Å². The van der Waals surface area contributed by atoms with E-state index in [0.29, 0.717) is 6.54 Å². The molecule has 0 bridgehead atoms. The lowest BCUT2D eigenvalue weighted by molar-refractivity contribution is 0.564. The van der Waals surface area contributed by atoms with Crippen LogP contribution in [0.15, 0.2) is 17.1 Å². The van der Waals surface area contributed by atoms with Crippen molar-refractivity contribution in [3.63, 3.8) is 0 Å². The van der Waals surface area contributed by atoms with Gasteiger partial charge in [0.05, 0.1) is 6.54 Å². The molecule has 0 aliphatic carbocycles. The number of carbonyl (C=O) groups excluding carboxylic acids is 1. The molecular weight excluding hydrogens is 90.1 g/mol. The fourth-order valence-electron chi connectivity index (χ4n) is 0.195. The molecule has 0 aliphatic heterocycles. The number of nitrogens with zero attached hydrogens (tertiary/aromatic N) is 1. The van der Waals surface area contributed by atoms with Crippen LogP contribution in [0.2, 0.25) is 0 Å². The molecule has 0 amide bonds. The predicted molar refractivity (Wildman–Crippen MR) is 27.8 cm³/mol. The normalized spacial score (nSPS) is 8.71. The van der Waals surface area contributed by atoms with E-state index in [1.165, 1.54) is 6.08 Å². The number of hydrogen-bond acceptors (Lipinski definition) is 2. The first-order valence-electron chi connectivity index (χ1n) is 2.06. The van der Waals surface area contributed by atoms with Crippen LogP contribution in [-0.2, 0) is 4.79 Å². The van der Waals surface area contributed by atoms with Crippen LogP contribution in [0.3, 0.4) is 0 Å². The summed E-state index contributed by atoms with van der Waals surface area (Å²) in [5, 5.41) is 0. The average Bonchev–Trinajstić information content (AvgIpc) is 1.69. The van der Waals surface area contributed by atoms with Gasteiger partial charge in [0.1, 0.15) is 0 Å². The van der Waals surface area contributed by atoms with Crippen molar-refractivity contribution < 1.29 is 4.79 Å². The summed E-state index contributed by atoms with van der Waals surface area (Å²) in [6, 6.07) is 0. The van der Waals surface area contributed by atoms with Crippen LogP contribution in [0.1, 0.15) is 6.92 Å². The monoisotopic (exact) mass is 97.1 g/mol. The molecule has 0 spiro atoms. The van der Waals surface area contributed by atoms with Gasteiger partial charge in [0.15, 0.2) is 0 Å². The maximum Gasteiger partial charge on any atom is 0.235 e. The fourth-order valence-corrected chi connectivity index (χ4v) is 0.195. The number of hydrogen-bond donors (Lipinski definition) is 0. The Bertz CT molecular complexity index is 101. The molecule has 0 aromatic rings. The summed E-state index contributed by atoms with van der Waals surface area (Å²) >= 11 is 0. The van der Waals surface area contributed by atoms with Gasteiger partial charge in [-0.25, -0.2) is 9.79 Å². The smallest absolute Gasteiger partial charge is 0.211 e. The first-order chi connectivity index (χ1) is 3.41. The van der Waals surface area contributed by atoms with Gasteiger partial charge >= 0.3 is 0 Å². The Balaban J connectivity index is 3.15. The zero-order valence-electron chi connectivity index (χ0n) is 4.22. The van der Waals surface area contributed by atoms with E-state index in [9.17, 15) is 4.79 Å². The molecule has 0 saturated heterocycles. The SMILES string of the molecule is C/C=C/CN=C=O. The Morgan fingerprint density at radius 2 is 2.57 bits per heavy atom. The van der Waals surface area contributed by atoms with Crippen LogP contribution in [0.4, 0.5) is 0 Å². The molecule has 0 fully saturated rings. The fraction of sp³-hybridized carbons (Fsp3) is 0.400. The van der Waals surface area contributed by atoms with Crippen LogP contribution >= 0.6 is 0 Å². The molecule has 2 heteroatoms. The minimum atomic E-state index is 0.458. The minimum Gasteiger partial charge on any atom is -0.211 e. The zero-order chi connectivity index (χ0) is 5.54. The molecule has 7 heavy (non-hydrogen) atoms. The van der Waals surface area contributed by atoms with E-state index < -0.39 is 0 Å². The highest BCUT2D eigenvalue weighted by Gasteiger charge is 1.62. The van der Waals surface area contributed by atoms with Gasteiger partial charge in [-0.3, -0.25) is 0 Å². The first kappa shape index (κ1) is 6.12. The van der Waals surface area contributed by atoms with Crippen molar-refractivity contribution in [3.8, 4) is 0 Å². The second kappa shape index (κ2) is 5.12. The van der Waals surface area contributed by atoms with E-state index in [-0.39, 0.29) is 0 Å². The molecule has 0 atom stereocenters. The van der Waals surface area contributed by atoms with Gasteiger partial charge in [-0.05, 0) is 6.92 Å². The third kappa shape index (κ3) is 5.12. The van der Waals surface area contributed by atoms with Crippen LogP contribution in [-0.4, -0.2) is 12.6 Å². The van der Waals surface area contributed by atoms with E-state index in [2.05, 4.69) is 4.99 Å². The first-order valence-corrected chi connectivity index (χ1v) is 2.06. The highest BCUT2D eigenvalue weighted by molar-refractivity contribution is 5.33. The molecule has 0 N–H and O–H groups in total. The summed E-state index contributed by atoms with van der Waals surface area (Å²) < 4.78 is 0. The molecule has 0 aliphatic rings. The van der Waals surface area contributed by atoms with E-state index in [1.54, 1.807) is 6.08 Å². The van der Waals surface area contributed by atoms with Gasteiger partial charge in [-0.2, -0.15) is 0 Å². The minimum absolute atomic E-state index is 0.458. The molecule has 0 aromatic carbocycles. The predicted octanol–water partition coefficient (Wildman–Crippen LogP) is 0.898. The third-order valence-corrected chi connectivity index (χ3v) is 0.497. The lowest BCUT2D eigenvalue weighted by Crippen LogP contribution is -1.65. The molecular formula is C5H7NO. The van der Waals surface area contributed by atoms with E-state index in [4.69, 9.17) is 0 Å². The van der Waals surface area contributed by atoms with Gasteiger partial charge < -0.3 is 0 Å². The number of aliphatic imine (C=N–C) groups is 1. The van der Waals surface area contributed by atoms with Gasteiger partial charge in [0.25, 0.3) is 0 Å². The number of rotatable bonds is 2. The highest BCUT2D eigenvalue weighted by Crippen LogP contribution is 1.68. The summed E-state index contributed by atoms with van der Waals surface area (Å²) in [7, 11) is 0. The van der Waals surface area contributed by atoms with Crippen LogP contribution in [0.5, 0.6) is 0 Å². The molecule has 0 radical (unpaired) electrons. The Kier molecular flexibility index (Phi) is 4.48. The van der Waals surface area contributed by atoms with Crippen molar-refractivity contribution in [3.05, 3.63) is 12.2 Å². The van der Waals surface area contributed by atoms with Crippen molar-refractivity contribution in [1.82, 2.24) is 0 Å². The summed E-state index contributed by atoms with van der Waals surface area (Å²) in [5.74, 6) is 0. The van der Waals surface area contributed by atoms with Crippen molar-refractivity contribution in [2.75, 3.05) is 6.54 Å². The Hall–Kier alpha value is -0.880. The van der Waals surface area contributed by atoms with Crippen molar-refractivity contribution in [2.45, 2.75) is 6.92 Å². The second-order valence-corrected chi connectivity index (χ2v) is 1.00. The van der Waals surface area contributed by atoms with E-state index >= 15 is 0 Å². The number of allylic oxidation sites excluding steroid dienone is 1. The lowest BCUT2D eigenvalue weighted by atomic mass is 10.5. The van der Waals surface area contributed by atoms with Crippen LogP contribution in [0.25, 0.3) is 0 Å². The lowest BCUT2D eigenvalue weighted by Gasteiger charge is -1.68. The van der Waals surface area contributed by atoms with Gasteiger partial charge in [-0.15, -0.1) is 0 Å². The summed E-state index contributed by atoms with van der Waals surface area (Å²) in [5.41, 5.74) is 0. The maximum atomic E-state index is 9.35. The van der Waals surface area contributed by atoms with Gasteiger partial charge in [-0.1, -0.05) is 12.2 Å². The van der Waals surface area contributed by atoms with E-state index in [1.807, 2.05) is 13.0 Å². The van der Waals surface area contributed by atoms with Gasteiger partial charge in [0, 0.05) is 0 Å². The molecule has 0 unspecified atom stereocenters. The summed E-state index contributed by atoms with van der Waals surface area (Å²) in [6.07, 6.45) is 5.04. The Labute approximate surface area is 42.6 Å². The highest BCUT2D eigenvalue weighted by atomic mass is 16.1. The quantitative estimate of drug-likeness (QED) is 0.286. The topological polar surface area (TPSA) is 29.4 Å². The van der Waals surface area contributed by atoms with Crippen molar-refractivity contribution in [2.24, 2.45) is 4.99 Å². The molecule has 0 saturated carbocycles. The molecule has 0 rings (SSSR count). The maximum absolute atomic E-state index is 9.35. The summed E-state index contributed by atoms with van der Waals surface area (Å²) in [6.45, 7) is 2.33. The Morgan fingerprint density at radius 1 is 1.86 bits per heavy atom. The summed E-state index contributed by atoms with van der Waals surface area (Å²) in [4.78, 5) is 12.6. The molecule has 38 valence electrons. The Morgan fingerprint density at radius 3 is 3.00 bits per heavy atom. The second-order valence-electron chi connectivity index (χ2n) is 1.00. The molecule has 0 heterocycles. The largest absolute Gasteiger partial charge is 0.235 e. The molecule has 2 nitrogen and oxygen atoms in total.